The fourth-order valence-electron chi connectivity index (χ4n) is 2.93. The molecule has 1 N–H and O–H groups in total. The van der Waals surface area contributed by atoms with Gasteiger partial charge in [0.05, 0.1) is 16.3 Å². The van der Waals surface area contributed by atoms with E-state index in [0.717, 1.165) is 25.5 Å². The molecule has 0 saturated carbocycles. The van der Waals surface area contributed by atoms with Crippen molar-refractivity contribution in [1.82, 2.24) is 5.43 Å². The summed E-state index contributed by atoms with van der Waals surface area (Å²) in [7, 11) is -3.96. The van der Waals surface area contributed by atoms with Crippen LogP contribution in [-0.4, -0.2) is 26.6 Å². The number of carbonyl (C=O) groups is 1. The molecule has 3 rings (SSSR count). The lowest BCUT2D eigenvalue weighted by Crippen LogP contribution is -2.39. The van der Waals surface area contributed by atoms with Crippen molar-refractivity contribution in [1.29, 1.82) is 0 Å². The van der Waals surface area contributed by atoms with E-state index < -0.39 is 22.5 Å². The third-order valence-corrected chi connectivity index (χ3v) is 7.15. The summed E-state index contributed by atoms with van der Waals surface area (Å²) < 4.78 is 28.8. The zero-order valence-corrected chi connectivity index (χ0v) is 20.4. The first-order valence-electron chi connectivity index (χ1n) is 9.92. The number of nitrogens with one attached hydrogen (secondary N) is 1. The summed E-state index contributed by atoms with van der Waals surface area (Å²) in [6, 6.07) is 21.0. The van der Waals surface area contributed by atoms with E-state index in [4.69, 9.17) is 0 Å². The van der Waals surface area contributed by atoms with Gasteiger partial charge in [-0.3, -0.25) is 9.10 Å². The van der Waals surface area contributed by atoms with Crippen LogP contribution in [0.2, 0.25) is 0 Å². The van der Waals surface area contributed by atoms with Gasteiger partial charge in [0.1, 0.15) is 6.54 Å². The zero-order chi connectivity index (χ0) is 23.3. The topological polar surface area (TPSA) is 78.8 Å². The van der Waals surface area contributed by atoms with Gasteiger partial charge in [0.25, 0.3) is 15.9 Å². The largest absolute Gasteiger partial charge is 0.271 e. The molecule has 0 bridgehead atoms. The van der Waals surface area contributed by atoms with Crippen molar-refractivity contribution in [3.8, 4) is 0 Å². The van der Waals surface area contributed by atoms with Gasteiger partial charge in [0.2, 0.25) is 0 Å². The molecule has 0 saturated heterocycles. The molecule has 0 aliphatic heterocycles. The van der Waals surface area contributed by atoms with Gasteiger partial charge in [-0.1, -0.05) is 63.5 Å². The lowest BCUT2D eigenvalue weighted by molar-refractivity contribution is -0.119. The van der Waals surface area contributed by atoms with Crippen LogP contribution in [0, 0.1) is 13.8 Å². The maximum Gasteiger partial charge on any atom is 0.264 e. The molecule has 3 aromatic rings. The molecule has 0 radical (unpaired) electrons. The summed E-state index contributed by atoms with van der Waals surface area (Å²) in [6.45, 7) is 5.16. The Balaban J connectivity index is 1.86. The number of benzene rings is 3. The van der Waals surface area contributed by atoms with E-state index in [2.05, 4.69) is 26.5 Å². The molecule has 166 valence electrons. The van der Waals surface area contributed by atoms with Crippen LogP contribution in [0.5, 0.6) is 0 Å². The summed E-state index contributed by atoms with van der Waals surface area (Å²) in [5, 5.41) is 4.13. The van der Waals surface area contributed by atoms with Crippen molar-refractivity contribution in [3.05, 3.63) is 94.0 Å². The van der Waals surface area contributed by atoms with E-state index in [1.165, 1.54) is 0 Å². The smallest absolute Gasteiger partial charge is 0.264 e. The number of nitrogens with zero attached hydrogens (tertiary/aromatic N) is 2. The summed E-state index contributed by atoms with van der Waals surface area (Å²) in [6.07, 6.45) is 0. The fraction of sp³-hybridized carbons (Fsp3) is 0.167. The highest BCUT2D eigenvalue weighted by atomic mass is 79.9. The van der Waals surface area contributed by atoms with Gasteiger partial charge in [0, 0.05) is 4.47 Å². The van der Waals surface area contributed by atoms with E-state index >= 15 is 0 Å². The van der Waals surface area contributed by atoms with E-state index in [1.807, 2.05) is 38.1 Å². The molecule has 32 heavy (non-hydrogen) atoms. The second kappa shape index (κ2) is 10.1. The standard InChI is InChI=1S/C24H24BrN3O3S/c1-17-4-12-22(13-5-17)28(32(30,31)23-14-6-18(2)7-15-23)16-24(29)27-26-19(3)20-8-10-21(25)11-9-20/h4-15H,16H2,1-3H3,(H,27,29)/b26-19-. The zero-order valence-electron chi connectivity index (χ0n) is 18.0. The number of halogens is 1. The first kappa shape index (κ1) is 23.7. The van der Waals surface area contributed by atoms with Gasteiger partial charge in [-0.2, -0.15) is 5.10 Å². The maximum absolute atomic E-state index is 13.4. The van der Waals surface area contributed by atoms with Crippen molar-refractivity contribution in [2.24, 2.45) is 5.10 Å². The molecule has 0 aromatic heterocycles. The number of hydrazone groups is 1. The van der Waals surface area contributed by atoms with Gasteiger partial charge in [-0.15, -0.1) is 0 Å². The van der Waals surface area contributed by atoms with Crippen LogP contribution >= 0.6 is 15.9 Å². The van der Waals surface area contributed by atoms with E-state index in [-0.39, 0.29) is 4.90 Å². The molecule has 0 aliphatic rings. The van der Waals surface area contributed by atoms with Crippen molar-refractivity contribution in [2.75, 3.05) is 10.8 Å². The van der Waals surface area contributed by atoms with Crippen LogP contribution in [0.15, 0.2) is 87.3 Å². The van der Waals surface area contributed by atoms with Gasteiger partial charge in [-0.05, 0) is 62.7 Å². The van der Waals surface area contributed by atoms with Gasteiger partial charge >= 0.3 is 0 Å². The predicted molar refractivity (Wildman–Crippen MR) is 131 cm³/mol. The summed E-state index contributed by atoms with van der Waals surface area (Å²) in [4.78, 5) is 12.8. The Kier molecular flexibility index (Phi) is 7.48. The van der Waals surface area contributed by atoms with Crippen LogP contribution in [0.25, 0.3) is 0 Å². The van der Waals surface area contributed by atoms with Crippen molar-refractivity contribution in [3.63, 3.8) is 0 Å². The van der Waals surface area contributed by atoms with Crippen molar-refractivity contribution in [2.45, 2.75) is 25.7 Å². The molecule has 0 aliphatic carbocycles. The Bertz CT molecular complexity index is 1220. The number of anilines is 1. The minimum atomic E-state index is -3.96. The van der Waals surface area contributed by atoms with Gasteiger partial charge in [0.15, 0.2) is 0 Å². The second-order valence-corrected chi connectivity index (χ2v) is 10.2. The number of rotatable bonds is 7. The minimum Gasteiger partial charge on any atom is -0.271 e. The molecular weight excluding hydrogens is 490 g/mol. The summed E-state index contributed by atoms with van der Waals surface area (Å²) in [5.41, 5.74) is 6.26. The molecule has 8 heteroatoms. The lowest BCUT2D eigenvalue weighted by Gasteiger charge is -2.24. The summed E-state index contributed by atoms with van der Waals surface area (Å²) in [5.74, 6) is -0.544. The van der Waals surface area contributed by atoms with E-state index in [1.54, 1.807) is 55.5 Å². The fourth-order valence-corrected chi connectivity index (χ4v) is 4.62. The highest BCUT2D eigenvalue weighted by Gasteiger charge is 2.27. The number of aryl methyl sites for hydroxylation is 2. The van der Waals surface area contributed by atoms with Gasteiger partial charge in [-0.25, -0.2) is 13.8 Å². The summed E-state index contributed by atoms with van der Waals surface area (Å²) >= 11 is 3.38. The third-order valence-electron chi connectivity index (χ3n) is 4.83. The normalized spacial score (nSPS) is 11.8. The Hall–Kier alpha value is -2.97. The van der Waals surface area contributed by atoms with Crippen LogP contribution < -0.4 is 9.73 Å². The molecular formula is C24H24BrN3O3S. The maximum atomic E-state index is 13.4. The first-order valence-corrected chi connectivity index (χ1v) is 12.2. The molecule has 0 heterocycles. The Morgan fingerprint density at radius 2 is 1.44 bits per heavy atom. The Labute approximate surface area is 197 Å². The number of hydrogen-bond donors (Lipinski definition) is 1. The second-order valence-electron chi connectivity index (χ2n) is 7.40. The van der Waals surface area contributed by atoms with Crippen LogP contribution in [0.1, 0.15) is 23.6 Å². The lowest BCUT2D eigenvalue weighted by atomic mass is 10.1. The molecule has 0 spiro atoms. The predicted octanol–water partition coefficient (Wildman–Crippen LogP) is 4.80. The SMILES string of the molecule is C/C(=N/NC(=O)CN(c1ccc(C)cc1)S(=O)(=O)c1ccc(C)cc1)c1ccc(Br)cc1. The van der Waals surface area contributed by atoms with Crippen LogP contribution in [0.3, 0.4) is 0 Å². The minimum absolute atomic E-state index is 0.117. The monoisotopic (exact) mass is 513 g/mol. The highest BCUT2D eigenvalue weighted by Crippen LogP contribution is 2.24. The van der Waals surface area contributed by atoms with Gasteiger partial charge < -0.3 is 0 Å². The number of carbonyl (C=O) groups excluding carboxylic acids is 1. The highest BCUT2D eigenvalue weighted by molar-refractivity contribution is 9.10. The van der Waals surface area contributed by atoms with Crippen LogP contribution in [-0.2, 0) is 14.8 Å². The van der Waals surface area contributed by atoms with E-state index in [9.17, 15) is 13.2 Å². The average molecular weight is 514 g/mol. The van der Waals surface area contributed by atoms with Crippen molar-refractivity contribution < 1.29 is 13.2 Å². The van der Waals surface area contributed by atoms with Crippen molar-refractivity contribution >= 4 is 43.3 Å². The molecule has 3 aromatic carbocycles. The molecule has 0 fully saturated rings. The average Bonchev–Trinajstić information content (AvgIpc) is 2.77. The first-order chi connectivity index (χ1) is 15.2. The molecule has 1 amide bonds. The molecule has 0 unspecified atom stereocenters. The third kappa shape index (κ3) is 5.83. The number of amides is 1. The Morgan fingerprint density at radius 3 is 2.00 bits per heavy atom. The quantitative estimate of drug-likeness (QED) is 0.364. The Morgan fingerprint density at radius 1 is 0.906 bits per heavy atom. The number of sulfonamides is 1. The van der Waals surface area contributed by atoms with Crippen LogP contribution in [0.4, 0.5) is 5.69 Å². The number of hydrogen-bond acceptors (Lipinski definition) is 4. The molecule has 6 nitrogen and oxygen atoms in total. The van der Waals surface area contributed by atoms with E-state index in [0.29, 0.717) is 11.4 Å². The molecule has 0 atom stereocenters.